The molecule has 1 fully saturated rings. The molecular formula is C19H30N2O4. The Morgan fingerprint density at radius 2 is 1.88 bits per heavy atom. The minimum Gasteiger partial charge on any atom is -0.475 e. The van der Waals surface area contributed by atoms with Crippen LogP contribution in [0.1, 0.15) is 52.4 Å². The summed E-state index contributed by atoms with van der Waals surface area (Å²) in [5.74, 6) is 0.453. The van der Waals surface area contributed by atoms with Gasteiger partial charge in [-0.15, -0.1) is 0 Å². The fourth-order valence-corrected chi connectivity index (χ4v) is 3.15. The van der Waals surface area contributed by atoms with Crippen molar-refractivity contribution in [2.45, 2.75) is 58.0 Å². The molecule has 25 heavy (non-hydrogen) atoms. The number of aromatic nitrogens is 1. The normalized spacial score (nSPS) is 16.9. The van der Waals surface area contributed by atoms with Crippen molar-refractivity contribution in [1.29, 1.82) is 0 Å². The van der Waals surface area contributed by atoms with E-state index >= 15 is 0 Å². The summed E-state index contributed by atoms with van der Waals surface area (Å²) < 4.78 is 16.6. The predicted molar refractivity (Wildman–Crippen MR) is 96.9 cm³/mol. The SMILES string of the molecule is CCOCCOc1ccc(NC(=O)C2(OCC)CCCCCC2)cn1. The van der Waals surface area contributed by atoms with Gasteiger partial charge < -0.3 is 19.5 Å². The van der Waals surface area contributed by atoms with E-state index in [2.05, 4.69) is 10.3 Å². The lowest BCUT2D eigenvalue weighted by atomic mass is 9.93. The number of carbonyl (C=O) groups is 1. The number of anilines is 1. The van der Waals surface area contributed by atoms with Gasteiger partial charge in [-0.05, 0) is 32.8 Å². The third-order valence-electron chi connectivity index (χ3n) is 4.42. The number of hydrogen-bond acceptors (Lipinski definition) is 5. The van der Waals surface area contributed by atoms with Gasteiger partial charge in [-0.25, -0.2) is 4.98 Å². The van der Waals surface area contributed by atoms with Crippen molar-refractivity contribution in [3.05, 3.63) is 18.3 Å². The number of rotatable bonds is 9. The van der Waals surface area contributed by atoms with E-state index in [0.29, 0.717) is 38.0 Å². The first-order valence-corrected chi connectivity index (χ1v) is 9.32. The van der Waals surface area contributed by atoms with E-state index in [9.17, 15) is 4.79 Å². The maximum absolute atomic E-state index is 12.8. The molecule has 1 aromatic heterocycles. The van der Waals surface area contributed by atoms with Gasteiger partial charge in [0, 0.05) is 19.3 Å². The highest BCUT2D eigenvalue weighted by atomic mass is 16.5. The molecule has 0 spiro atoms. The molecule has 1 aromatic rings. The summed E-state index contributed by atoms with van der Waals surface area (Å²) in [7, 11) is 0. The molecule has 0 aliphatic heterocycles. The van der Waals surface area contributed by atoms with Crippen LogP contribution >= 0.6 is 0 Å². The molecule has 1 aliphatic carbocycles. The molecule has 1 N–H and O–H groups in total. The Bertz CT molecular complexity index is 511. The Morgan fingerprint density at radius 3 is 2.48 bits per heavy atom. The van der Waals surface area contributed by atoms with Crippen LogP contribution in [0.15, 0.2) is 18.3 Å². The Kier molecular flexibility index (Phi) is 8.15. The Morgan fingerprint density at radius 1 is 1.12 bits per heavy atom. The Labute approximate surface area is 150 Å². The van der Waals surface area contributed by atoms with Gasteiger partial charge >= 0.3 is 0 Å². The number of nitrogens with zero attached hydrogens (tertiary/aromatic N) is 1. The molecule has 6 nitrogen and oxygen atoms in total. The van der Waals surface area contributed by atoms with Gasteiger partial charge in [-0.2, -0.15) is 0 Å². The molecule has 1 aliphatic rings. The Balaban J connectivity index is 1.93. The molecule has 0 bridgehead atoms. The van der Waals surface area contributed by atoms with Crippen LogP contribution < -0.4 is 10.1 Å². The van der Waals surface area contributed by atoms with Gasteiger partial charge in [0.15, 0.2) is 0 Å². The molecule has 1 saturated carbocycles. The molecular weight excluding hydrogens is 320 g/mol. The lowest BCUT2D eigenvalue weighted by Gasteiger charge is -2.31. The van der Waals surface area contributed by atoms with Gasteiger partial charge in [-0.1, -0.05) is 25.7 Å². The standard InChI is InChI=1S/C19H30N2O4/c1-3-23-13-14-24-17-10-9-16(15-20-17)21-18(22)19(25-4-2)11-7-5-6-8-12-19/h9-10,15H,3-8,11-14H2,1-2H3,(H,21,22). The first-order valence-electron chi connectivity index (χ1n) is 9.32. The number of pyridine rings is 1. The van der Waals surface area contributed by atoms with Crippen molar-refractivity contribution >= 4 is 11.6 Å². The van der Waals surface area contributed by atoms with Crippen molar-refractivity contribution in [1.82, 2.24) is 4.98 Å². The summed E-state index contributed by atoms with van der Waals surface area (Å²) in [5, 5.41) is 2.96. The van der Waals surface area contributed by atoms with Crippen LogP contribution in [0.4, 0.5) is 5.69 Å². The zero-order chi connectivity index (χ0) is 18.0. The van der Waals surface area contributed by atoms with Crippen LogP contribution in [0.5, 0.6) is 5.88 Å². The predicted octanol–water partition coefficient (Wildman–Crippen LogP) is 3.56. The Hall–Kier alpha value is -1.66. The maximum atomic E-state index is 12.8. The highest BCUT2D eigenvalue weighted by molar-refractivity contribution is 5.97. The van der Waals surface area contributed by atoms with Crippen LogP contribution in [-0.2, 0) is 14.3 Å². The van der Waals surface area contributed by atoms with Gasteiger partial charge in [-0.3, -0.25) is 4.79 Å². The molecule has 1 heterocycles. The second kappa shape index (κ2) is 10.4. The van der Waals surface area contributed by atoms with Gasteiger partial charge in [0.05, 0.1) is 18.5 Å². The molecule has 1 amide bonds. The molecule has 0 unspecified atom stereocenters. The van der Waals surface area contributed by atoms with Crippen molar-refractivity contribution in [2.75, 3.05) is 31.7 Å². The molecule has 0 radical (unpaired) electrons. The fraction of sp³-hybridized carbons (Fsp3) is 0.684. The third kappa shape index (κ3) is 5.97. The number of amides is 1. The molecule has 0 atom stereocenters. The number of hydrogen-bond donors (Lipinski definition) is 1. The van der Waals surface area contributed by atoms with Gasteiger partial charge in [0.2, 0.25) is 5.88 Å². The second-order valence-corrected chi connectivity index (χ2v) is 6.23. The minimum absolute atomic E-state index is 0.0666. The first-order chi connectivity index (χ1) is 12.2. The average molecular weight is 350 g/mol. The summed E-state index contributed by atoms with van der Waals surface area (Å²) in [6, 6.07) is 3.55. The van der Waals surface area contributed by atoms with E-state index in [4.69, 9.17) is 14.2 Å². The van der Waals surface area contributed by atoms with E-state index < -0.39 is 5.60 Å². The van der Waals surface area contributed by atoms with Crippen LogP contribution in [0, 0.1) is 0 Å². The zero-order valence-electron chi connectivity index (χ0n) is 15.4. The lowest BCUT2D eigenvalue weighted by molar-refractivity contribution is -0.143. The number of nitrogens with one attached hydrogen (secondary N) is 1. The lowest BCUT2D eigenvalue weighted by Crippen LogP contribution is -2.45. The molecule has 6 heteroatoms. The van der Waals surface area contributed by atoms with Gasteiger partial charge in [0.1, 0.15) is 12.2 Å². The van der Waals surface area contributed by atoms with E-state index in [0.717, 1.165) is 38.5 Å². The summed E-state index contributed by atoms with van der Waals surface area (Å²) in [5.41, 5.74) is -0.0525. The highest BCUT2D eigenvalue weighted by Crippen LogP contribution is 2.32. The molecule has 140 valence electrons. The van der Waals surface area contributed by atoms with Crippen molar-refractivity contribution in [2.24, 2.45) is 0 Å². The van der Waals surface area contributed by atoms with E-state index in [1.54, 1.807) is 18.3 Å². The summed E-state index contributed by atoms with van der Waals surface area (Å²) in [6.07, 6.45) is 7.55. The van der Waals surface area contributed by atoms with E-state index in [1.165, 1.54) is 0 Å². The number of ether oxygens (including phenoxy) is 3. The first kappa shape index (κ1) is 19.7. The fourth-order valence-electron chi connectivity index (χ4n) is 3.15. The third-order valence-corrected chi connectivity index (χ3v) is 4.42. The highest BCUT2D eigenvalue weighted by Gasteiger charge is 2.39. The smallest absolute Gasteiger partial charge is 0.256 e. The number of carbonyl (C=O) groups excluding carboxylic acids is 1. The topological polar surface area (TPSA) is 69.7 Å². The largest absolute Gasteiger partial charge is 0.475 e. The molecule has 0 aromatic carbocycles. The van der Waals surface area contributed by atoms with Crippen molar-refractivity contribution in [3.63, 3.8) is 0 Å². The molecule has 0 saturated heterocycles. The van der Waals surface area contributed by atoms with Crippen molar-refractivity contribution in [3.8, 4) is 5.88 Å². The van der Waals surface area contributed by atoms with Crippen LogP contribution in [0.2, 0.25) is 0 Å². The average Bonchev–Trinajstić information content (AvgIpc) is 2.87. The summed E-state index contributed by atoms with van der Waals surface area (Å²) >= 11 is 0. The minimum atomic E-state index is -0.710. The molecule has 2 rings (SSSR count). The zero-order valence-corrected chi connectivity index (χ0v) is 15.4. The second-order valence-electron chi connectivity index (χ2n) is 6.23. The van der Waals surface area contributed by atoms with Crippen molar-refractivity contribution < 1.29 is 19.0 Å². The van der Waals surface area contributed by atoms with E-state index in [1.807, 2.05) is 13.8 Å². The van der Waals surface area contributed by atoms with Gasteiger partial charge in [0.25, 0.3) is 5.91 Å². The maximum Gasteiger partial charge on any atom is 0.256 e. The van der Waals surface area contributed by atoms with E-state index in [-0.39, 0.29) is 5.91 Å². The van der Waals surface area contributed by atoms with Crippen LogP contribution in [-0.4, -0.2) is 42.9 Å². The quantitative estimate of drug-likeness (QED) is 0.545. The van der Waals surface area contributed by atoms with Crippen LogP contribution in [0.25, 0.3) is 0 Å². The van der Waals surface area contributed by atoms with Crippen LogP contribution in [0.3, 0.4) is 0 Å². The monoisotopic (exact) mass is 350 g/mol. The summed E-state index contributed by atoms with van der Waals surface area (Å²) in [6.45, 7) is 6.09. The summed E-state index contributed by atoms with van der Waals surface area (Å²) in [4.78, 5) is 17.1.